The molecule has 1 heterocycles. The molecule has 2 aromatic carbocycles. The second-order valence-electron chi connectivity index (χ2n) is 8.70. The predicted octanol–water partition coefficient (Wildman–Crippen LogP) is 3.47. The van der Waals surface area contributed by atoms with E-state index in [0.29, 0.717) is 18.5 Å². The molecule has 0 aromatic heterocycles. The molecule has 0 radical (unpaired) electrons. The van der Waals surface area contributed by atoms with Crippen molar-refractivity contribution in [3.63, 3.8) is 0 Å². The highest BCUT2D eigenvalue weighted by atomic mass is 32.2. The molecule has 10 heteroatoms. The van der Waals surface area contributed by atoms with E-state index in [9.17, 15) is 27.2 Å². The predicted molar refractivity (Wildman–Crippen MR) is 133 cm³/mol. The van der Waals surface area contributed by atoms with Crippen LogP contribution in [0.15, 0.2) is 53.4 Å². The van der Waals surface area contributed by atoms with Gasteiger partial charge in [-0.3, -0.25) is 14.4 Å². The molecule has 0 aliphatic carbocycles. The molecule has 194 valence electrons. The monoisotopic (exact) mass is 517 g/mol. The van der Waals surface area contributed by atoms with Crippen LogP contribution in [0.4, 0.5) is 4.39 Å². The minimum absolute atomic E-state index is 0.0333. The third-order valence-corrected chi connectivity index (χ3v) is 7.99. The molecule has 3 amide bonds. The van der Waals surface area contributed by atoms with E-state index in [1.807, 2.05) is 13.8 Å². The molecule has 1 atom stereocenters. The maximum absolute atomic E-state index is 13.4. The molecule has 0 spiro atoms. The van der Waals surface area contributed by atoms with Crippen LogP contribution in [0, 0.1) is 5.82 Å². The first-order chi connectivity index (χ1) is 17.2. The van der Waals surface area contributed by atoms with Gasteiger partial charge in [-0.2, -0.15) is 0 Å². The summed E-state index contributed by atoms with van der Waals surface area (Å²) in [6.45, 7) is 4.27. The van der Waals surface area contributed by atoms with Gasteiger partial charge in [-0.1, -0.05) is 44.5 Å². The number of nitrogens with one attached hydrogen (secondary N) is 1. The zero-order chi connectivity index (χ0) is 26.3. The van der Waals surface area contributed by atoms with Gasteiger partial charge in [0.25, 0.3) is 15.9 Å². The van der Waals surface area contributed by atoms with E-state index in [1.165, 1.54) is 29.2 Å². The van der Waals surface area contributed by atoms with Gasteiger partial charge in [-0.25, -0.2) is 17.1 Å². The summed E-state index contributed by atoms with van der Waals surface area (Å²) < 4.78 is 39.7. The molecule has 1 aliphatic rings. The fourth-order valence-electron chi connectivity index (χ4n) is 4.18. The summed E-state index contributed by atoms with van der Waals surface area (Å²) in [4.78, 5) is 40.2. The van der Waals surface area contributed by atoms with Crippen LogP contribution in [0.5, 0.6) is 0 Å². The normalized spacial score (nSPS) is 14.9. The minimum Gasteiger partial charge on any atom is -0.354 e. The second kappa shape index (κ2) is 12.1. The van der Waals surface area contributed by atoms with E-state index in [0.717, 1.165) is 17.1 Å². The summed E-state index contributed by atoms with van der Waals surface area (Å²) in [6, 6.07) is 11.0. The molecule has 0 saturated heterocycles. The first-order valence-electron chi connectivity index (χ1n) is 12.2. The zero-order valence-corrected chi connectivity index (χ0v) is 21.4. The van der Waals surface area contributed by atoms with Gasteiger partial charge >= 0.3 is 0 Å². The Labute approximate surface area is 211 Å². The van der Waals surface area contributed by atoms with Gasteiger partial charge in [0.1, 0.15) is 16.8 Å². The fraction of sp³-hybridized carbons (Fsp3) is 0.423. The molecular formula is C26H32FN3O5S. The average molecular weight is 518 g/mol. The van der Waals surface area contributed by atoms with Crippen molar-refractivity contribution in [1.29, 1.82) is 0 Å². The number of nitrogens with zero attached hydrogens (tertiary/aromatic N) is 2. The summed E-state index contributed by atoms with van der Waals surface area (Å²) in [6.07, 6.45) is 2.15. The van der Waals surface area contributed by atoms with Gasteiger partial charge in [-0.05, 0) is 49.1 Å². The molecule has 1 N–H and O–H groups in total. The van der Waals surface area contributed by atoms with Crippen molar-refractivity contribution in [2.45, 2.75) is 63.4 Å². The highest BCUT2D eigenvalue weighted by Gasteiger charge is 2.40. The molecule has 0 bridgehead atoms. The average Bonchev–Trinajstić information content (AvgIpc) is 3.05. The van der Waals surface area contributed by atoms with Crippen LogP contribution in [0.3, 0.4) is 0 Å². The number of unbranched alkanes of at least 4 members (excludes halogenated alkanes) is 1. The van der Waals surface area contributed by atoms with Crippen molar-refractivity contribution < 1.29 is 27.2 Å². The van der Waals surface area contributed by atoms with E-state index in [1.54, 1.807) is 24.3 Å². The smallest absolute Gasteiger partial charge is 0.269 e. The number of benzene rings is 2. The summed E-state index contributed by atoms with van der Waals surface area (Å²) >= 11 is 0. The number of halogens is 1. The highest BCUT2D eigenvalue weighted by molar-refractivity contribution is 7.90. The lowest BCUT2D eigenvalue weighted by atomic mass is 10.1. The zero-order valence-electron chi connectivity index (χ0n) is 20.6. The van der Waals surface area contributed by atoms with E-state index < -0.39 is 27.8 Å². The van der Waals surface area contributed by atoms with E-state index in [-0.39, 0.29) is 48.2 Å². The molecule has 1 aliphatic heterocycles. The Bertz CT molecular complexity index is 1200. The van der Waals surface area contributed by atoms with Crippen molar-refractivity contribution in [3.8, 4) is 0 Å². The molecule has 2 aromatic rings. The van der Waals surface area contributed by atoms with E-state index in [2.05, 4.69) is 5.32 Å². The number of hydrogen-bond acceptors (Lipinski definition) is 5. The van der Waals surface area contributed by atoms with Crippen LogP contribution < -0.4 is 5.32 Å². The topological polar surface area (TPSA) is 104 Å². The standard InChI is InChI=1S/C26H32FN3O5S/c1-3-5-16-28-25(32)22(4-2)29(18-19-12-14-20(27)15-13-19)24(31)11-8-17-30-26(33)21-9-6-7-10-23(21)36(30,34)35/h6-7,9-10,12-15,22H,3-5,8,11,16-18H2,1-2H3,(H,28,32)/t22-/m0/s1. The molecular weight excluding hydrogens is 485 g/mol. The molecule has 0 fully saturated rings. The van der Waals surface area contributed by atoms with E-state index in [4.69, 9.17) is 0 Å². The number of sulfonamides is 1. The number of hydrogen-bond donors (Lipinski definition) is 1. The van der Waals surface area contributed by atoms with Gasteiger partial charge in [0.15, 0.2) is 0 Å². The Morgan fingerprint density at radius 3 is 2.39 bits per heavy atom. The summed E-state index contributed by atoms with van der Waals surface area (Å²) in [7, 11) is -3.95. The minimum atomic E-state index is -3.95. The van der Waals surface area contributed by atoms with Crippen molar-refractivity contribution in [3.05, 3.63) is 65.5 Å². The summed E-state index contributed by atoms with van der Waals surface area (Å²) in [5.74, 6) is -1.63. The summed E-state index contributed by atoms with van der Waals surface area (Å²) in [5, 5.41) is 2.87. The third kappa shape index (κ3) is 6.10. The number of amides is 3. The Balaban J connectivity index is 1.72. The van der Waals surface area contributed by atoms with Crippen molar-refractivity contribution >= 4 is 27.7 Å². The Morgan fingerprint density at radius 2 is 1.75 bits per heavy atom. The van der Waals surface area contributed by atoms with E-state index >= 15 is 0 Å². The fourth-order valence-corrected chi connectivity index (χ4v) is 5.79. The molecule has 8 nitrogen and oxygen atoms in total. The van der Waals surface area contributed by atoms with Gasteiger partial charge in [-0.15, -0.1) is 0 Å². The lowest BCUT2D eigenvalue weighted by Gasteiger charge is -2.31. The largest absolute Gasteiger partial charge is 0.354 e. The lowest BCUT2D eigenvalue weighted by Crippen LogP contribution is -2.49. The lowest BCUT2D eigenvalue weighted by molar-refractivity contribution is -0.141. The number of fused-ring (bicyclic) bond motifs is 1. The van der Waals surface area contributed by atoms with Crippen molar-refractivity contribution in [2.75, 3.05) is 13.1 Å². The molecule has 0 unspecified atom stereocenters. The van der Waals surface area contributed by atoms with Crippen LogP contribution in [-0.2, 0) is 26.2 Å². The SMILES string of the molecule is CCCCNC(=O)[C@H](CC)N(Cc1ccc(F)cc1)C(=O)CCCN1C(=O)c2ccccc2S1(=O)=O. The molecule has 36 heavy (non-hydrogen) atoms. The highest BCUT2D eigenvalue weighted by Crippen LogP contribution is 2.30. The van der Waals surface area contributed by atoms with Gasteiger partial charge in [0.2, 0.25) is 11.8 Å². The molecule has 3 rings (SSSR count). The Morgan fingerprint density at radius 1 is 1.06 bits per heavy atom. The van der Waals surface area contributed by atoms with Crippen LogP contribution in [0.2, 0.25) is 0 Å². The number of carbonyl (C=O) groups excluding carboxylic acids is 3. The Hall–Kier alpha value is -3.27. The van der Waals surface area contributed by atoms with Crippen LogP contribution in [-0.4, -0.2) is 54.5 Å². The van der Waals surface area contributed by atoms with Crippen LogP contribution >= 0.6 is 0 Å². The first kappa shape index (κ1) is 27.3. The second-order valence-corrected chi connectivity index (χ2v) is 10.5. The van der Waals surface area contributed by atoms with Crippen LogP contribution in [0.25, 0.3) is 0 Å². The third-order valence-electron chi connectivity index (χ3n) is 6.15. The number of rotatable bonds is 12. The maximum atomic E-state index is 13.4. The van der Waals surface area contributed by atoms with Gasteiger partial charge in [0, 0.05) is 26.1 Å². The van der Waals surface area contributed by atoms with Crippen LogP contribution in [0.1, 0.15) is 61.9 Å². The first-order valence-corrected chi connectivity index (χ1v) is 13.6. The van der Waals surface area contributed by atoms with Gasteiger partial charge in [0.05, 0.1) is 5.56 Å². The summed E-state index contributed by atoms with van der Waals surface area (Å²) in [5.41, 5.74) is 0.786. The number of carbonyl (C=O) groups is 3. The van der Waals surface area contributed by atoms with Crippen molar-refractivity contribution in [2.24, 2.45) is 0 Å². The van der Waals surface area contributed by atoms with Crippen molar-refractivity contribution in [1.82, 2.24) is 14.5 Å². The van der Waals surface area contributed by atoms with Gasteiger partial charge < -0.3 is 10.2 Å². The molecule has 0 saturated carbocycles. The Kier molecular flexibility index (Phi) is 9.19. The quantitative estimate of drug-likeness (QED) is 0.434. The maximum Gasteiger partial charge on any atom is 0.269 e.